The summed E-state index contributed by atoms with van der Waals surface area (Å²) in [5, 5.41) is 15.8. The van der Waals surface area contributed by atoms with Gasteiger partial charge in [-0.3, -0.25) is 0 Å². The first-order valence-corrected chi connectivity index (χ1v) is 4.69. The standard InChI is InChI=1S/C8H7ClN6/c1-2-11-6-7-12-4-5(3-10)15(7)14-8(9)13-6/h4H,2H2,1H3,(H,11,13,14). The van der Waals surface area contributed by atoms with Crippen molar-refractivity contribution in [3.8, 4) is 6.07 Å². The third-order valence-corrected chi connectivity index (χ3v) is 1.96. The van der Waals surface area contributed by atoms with Gasteiger partial charge in [0.1, 0.15) is 6.07 Å². The van der Waals surface area contributed by atoms with E-state index in [9.17, 15) is 0 Å². The first-order valence-electron chi connectivity index (χ1n) is 4.31. The summed E-state index contributed by atoms with van der Waals surface area (Å²) < 4.78 is 1.37. The second kappa shape index (κ2) is 3.71. The number of fused-ring (bicyclic) bond motifs is 1. The molecule has 6 nitrogen and oxygen atoms in total. The molecular formula is C8H7ClN6. The van der Waals surface area contributed by atoms with Crippen molar-refractivity contribution < 1.29 is 0 Å². The van der Waals surface area contributed by atoms with Crippen LogP contribution >= 0.6 is 11.6 Å². The van der Waals surface area contributed by atoms with Gasteiger partial charge in [-0.25, -0.2) is 4.98 Å². The predicted molar refractivity (Wildman–Crippen MR) is 54.7 cm³/mol. The fourth-order valence-corrected chi connectivity index (χ4v) is 1.38. The van der Waals surface area contributed by atoms with Crippen molar-refractivity contribution in [3.05, 3.63) is 17.2 Å². The Balaban J connectivity index is 2.72. The number of hydrogen-bond donors (Lipinski definition) is 1. The normalized spacial score (nSPS) is 10.2. The Morgan fingerprint density at radius 3 is 3.13 bits per heavy atom. The Morgan fingerprint density at radius 2 is 2.47 bits per heavy atom. The number of nitrogens with one attached hydrogen (secondary N) is 1. The maximum atomic E-state index is 8.80. The molecule has 2 aromatic heterocycles. The average Bonchev–Trinajstić information content (AvgIpc) is 2.61. The molecule has 2 aromatic rings. The number of aromatic nitrogens is 4. The highest BCUT2D eigenvalue weighted by Gasteiger charge is 2.10. The zero-order valence-electron chi connectivity index (χ0n) is 7.90. The van der Waals surface area contributed by atoms with E-state index in [1.54, 1.807) is 0 Å². The van der Waals surface area contributed by atoms with E-state index in [1.807, 2.05) is 13.0 Å². The van der Waals surface area contributed by atoms with Crippen molar-refractivity contribution in [1.29, 1.82) is 5.26 Å². The minimum absolute atomic E-state index is 0.0768. The zero-order valence-corrected chi connectivity index (χ0v) is 8.65. The van der Waals surface area contributed by atoms with Gasteiger partial charge in [0, 0.05) is 6.54 Å². The number of halogens is 1. The van der Waals surface area contributed by atoms with E-state index in [1.165, 1.54) is 10.7 Å². The van der Waals surface area contributed by atoms with E-state index in [0.29, 0.717) is 23.7 Å². The van der Waals surface area contributed by atoms with Crippen molar-refractivity contribution >= 4 is 23.1 Å². The summed E-state index contributed by atoms with van der Waals surface area (Å²) in [6.07, 6.45) is 1.43. The van der Waals surface area contributed by atoms with Crippen LogP contribution in [0, 0.1) is 11.3 Å². The molecule has 76 valence electrons. The molecule has 0 aliphatic rings. The van der Waals surface area contributed by atoms with Gasteiger partial charge >= 0.3 is 0 Å². The van der Waals surface area contributed by atoms with E-state index < -0.39 is 0 Å². The maximum Gasteiger partial charge on any atom is 0.243 e. The number of rotatable bonds is 2. The zero-order chi connectivity index (χ0) is 10.8. The molecule has 7 heteroatoms. The Morgan fingerprint density at radius 1 is 1.67 bits per heavy atom. The Labute approximate surface area is 90.5 Å². The summed E-state index contributed by atoms with van der Waals surface area (Å²) in [5.74, 6) is 0.527. The highest BCUT2D eigenvalue weighted by molar-refractivity contribution is 6.28. The summed E-state index contributed by atoms with van der Waals surface area (Å²) >= 11 is 5.73. The number of anilines is 1. The van der Waals surface area contributed by atoms with Crippen LogP contribution < -0.4 is 5.32 Å². The number of nitriles is 1. The SMILES string of the molecule is CCNc1nc(Cl)nn2c(C#N)cnc12. The van der Waals surface area contributed by atoms with Gasteiger partial charge in [-0.1, -0.05) is 0 Å². The van der Waals surface area contributed by atoms with Gasteiger partial charge in [0.15, 0.2) is 17.2 Å². The molecule has 2 rings (SSSR count). The molecule has 0 bridgehead atoms. The van der Waals surface area contributed by atoms with Crippen molar-refractivity contribution in [2.45, 2.75) is 6.92 Å². The maximum absolute atomic E-state index is 8.80. The minimum atomic E-state index is 0.0768. The molecule has 1 N–H and O–H groups in total. The molecule has 0 amide bonds. The monoisotopic (exact) mass is 222 g/mol. The molecule has 0 saturated heterocycles. The molecule has 2 heterocycles. The summed E-state index contributed by atoms with van der Waals surface area (Å²) in [5.41, 5.74) is 0.825. The molecule has 0 fully saturated rings. The summed E-state index contributed by atoms with van der Waals surface area (Å²) in [4.78, 5) is 8.03. The highest BCUT2D eigenvalue weighted by atomic mass is 35.5. The second-order valence-electron chi connectivity index (χ2n) is 2.75. The summed E-state index contributed by atoms with van der Waals surface area (Å²) in [6, 6.07) is 1.97. The van der Waals surface area contributed by atoms with E-state index in [-0.39, 0.29) is 5.28 Å². The molecule has 0 aliphatic heterocycles. The molecule has 0 aromatic carbocycles. The van der Waals surface area contributed by atoms with Crippen LogP contribution in [0.4, 0.5) is 5.82 Å². The van der Waals surface area contributed by atoms with Gasteiger partial charge in [-0.05, 0) is 18.5 Å². The van der Waals surface area contributed by atoms with E-state index in [0.717, 1.165) is 0 Å². The van der Waals surface area contributed by atoms with E-state index >= 15 is 0 Å². The smallest absolute Gasteiger partial charge is 0.243 e. The van der Waals surface area contributed by atoms with Crippen LogP contribution in [0.25, 0.3) is 5.65 Å². The van der Waals surface area contributed by atoms with Gasteiger partial charge < -0.3 is 5.32 Å². The number of nitrogens with zero attached hydrogens (tertiary/aromatic N) is 5. The van der Waals surface area contributed by atoms with E-state index in [4.69, 9.17) is 16.9 Å². The van der Waals surface area contributed by atoms with Gasteiger partial charge in [-0.2, -0.15) is 14.8 Å². The van der Waals surface area contributed by atoms with Crippen molar-refractivity contribution in [1.82, 2.24) is 19.6 Å². The quantitative estimate of drug-likeness (QED) is 0.823. The first-order chi connectivity index (χ1) is 7.26. The van der Waals surface area contributed by atoms with Crippen molar-refractivity contribution in [2.24, 2.45) is 0 Å². The third-order valence-electron chi connectivity index (χ3n) is 1.80. The molecule has 0 atom stereocenters. The largest absolute Gasteiger partial charge is 0.367 e. The molecular weight excluding hydrogens is 216 g/mol. The molecule has 0 radical (unpaired) electrons. The lowest BCUT2D eigenvalue weighted by Crippen LogP contribution is -2.06. The molecule has 0 saturated carbocycles. The van der Waals surface area contributed by atoms with Gasteiger partial charge in [0.25, 0.3) is 0 Å². The van der Waals surface area contributed by atoms with Crippen LogP contribution in [0.2, 0.25) is 5.28 Å². The van der Waals surface area contributed by atoms with Crippen LogP contribution in [0.3, 0.4) is 0 Å². The number of imidazole rings is 1. The van der Waals surface area contributed by atoms with Crippen LogP contribution in [0.1, 0.15) is 12.6 Å². The lowest BCUT2D eigenvalue weighted by molar-refractivity contribution is 0.885. The van der Waals surface area contributed by atoms with Gasteiger partial charge in [-0.15, -0.1) is 5.10 Å². The molecule has 0 spiro atoms. The van der Waals surface area contributed by atoms with Crippen LogP contribution in [0.5, 0.6) is 0 Å². The van der Waals surface area contributed by atoms with E-state index in [2.05, 4.69) is 20.4 Å². The summed E-state index contributed by atoms with van der Waals surface area (Å²) in [7, 11) is 0. The molecule has 15 heavy (non-hydrogen) atoms. The lowest BCUT2D eigenvalue weighted by atomic mass is 10.5. The number of hydrogen-bond acceptors (Lipinski definition) is 5. The lowest BCUT2D eigenvalue weighted by Gasteiger charge is -2.03. The Bertz CT molecular complexity index is 540. The highest BCUT2D eigenvalue weighted by Crippen LogP contribution is 2.15. The Hall–Kier alpha value is -1.87. The van der Waals surface area contributed by atoms with Gasteiger partial charge in [0.05, 0.1) is 6.20 Å². The topological polar surface area (TPSA) is 78.9 Å². The van der Waals surface area contributed by atoms with Crippen LogP contribution in [-0.2, 0) is 0 Å². The Kier molecular flexibility index (Phi) is 2.39. The van der Waals surface area contributed by atoms with Crippen molar-refractivity contribution in [3.63, 3.8) is 0 Å². The fraction of sp³-hybridized carbons (Fsp3) is 0.250. The van der Waals surface area contributed by atoms with Gasteiger partial charge in [0.2, 0.25) is 5.28 Å². The second-order valence-corrected chi connectivity index (χ2v) is 3.09. The van der Waals surface area contributed by atoms with Crippen molar-refractivity contribution in [2.75, 3.05) is 11.9 Å². The average molecular weight is 223 g/mol. The molecule has 0 aliphatic carbocycles. The van der Waals surface area contributed by atoms with Crippen LogP contribution in [0.15, 0.2) is 6.20 Å². The predicted octanol–water partition coefficient (Wildman–Crippen LogP) is 1.08. The first kappa shape index (κ1) is 9.68. The fourth-order valence-electron chi connectivity index (χ4n) is 1.22. The van der Waals surface area contributed by atoms with Crippen LogP contribution in [-0.4, -0.2) is 26.1 Å². The minimum Gasteiger partial charge on any atom is -0.367 e. The summed E-state index contributed by atoms with van der Waals surface area (Å²) in [6.45, 7) is 2.62. The third kappa shape index (κ3) is 1.57. The molecule has 0 unspecified atom stereocenters.